The Morgan fingerprint density at radius 3 is 0.894 bits per heavy atom. The van der Waals surface area contributed by atoms with Crippen molar-refractivity contribution >= 4 is 87.2 Å². The molecule has 0 saturated heterocycles. The van der Waals surface area contributed by atoms with Crippen molar-refractivity contribution in [3.05, 3.63) is 291 Å². The maximum absolute atomic E-state index is 4.60. The Morgan fingerprint density at radius 2 is 0.518 bits per heavy atom. The fourth-order valence-corrected chi connectivity index (χ4v) is 12.6. The van der Waals surface area contributed by atoms with E-state index >= 15 is 0 Å². The zero-order valence-electron chi connectivity index (χ0n) is 49.0. The molecule has 0 spiro atoms. The molecule has 0 aliphatic rings. The van der Waals surface area contributed by atoms with Crippen molar-refractivity contribution in [1.29, 1.82) is 0 Å². The van der Waals surface area contributed by atoms with Crippen LogP contribution in [0.5, 0.6) is 0 Å². The highest BCUT2D eigenvalue weighted by atomic mass is 15.0. The largest absolute Gasteiger partial charge is 0.341 e. The molecule has 0 bridgehead atoms. The third-order valence-corrected chi connectivity index (χ3v) is 16.1. The number of nitrogens with zero attached hydrogens (tertiary/aromatic N) is 4. The summed E-state index contributed by atoms with van der Waals surface area (Å²) < 4.78 is 9.59. The summed E-state index contributed by atoms with van der Waals surface area (Å²) in [6.45, 7) is 12.0. The first-order chi connectivity index (χ1) is 42.1. The van der Waals surface area contributed by atoms with E-state index in [1.54, 1.807) is 6.92 Å². The Kier molecular flexibility index (Phi) is 16.1. The monoisotopic (exact) mass is 1100 g/mol. The summed E-state index contributed by atoms with van der Waals surface area (Å²) in [5.74, 6) is 2.25. The molecule has 0 saturated carbocycles. The predicted molar refractivity (Wildman–Crippen MR) is 368 cm³/mol. The molecule has 85 heavy (non-hydrogen) atoms. The molecule has 412 valence electrons. The van der Waals surface area contributed by atoms with Crippen LogP contribution in [0.4, 0.5) is 0 Å². The highest BCUT2D eigenvalue weighted by Crippen LogP contribution is 2.40. The number of aromatic nitrogens is 4. The van der Waals surface area contributed by atoms with Crippen LogP contribution >= 0.6 is 0 Å². The summed E-state index contributed by atoms with van der Waals surface area (Å²) in [6.07, 6.45) is 4.60. The summed E-state index contributed by atoms with van der Waals surface area (Å²) in [5.41, 5.74) is 20.0. The van der Waals surface area contributed by atoms with Gasteiger partial charge in [-0.15, -0.1) is 12.3 Å². The first-order valence-electron chi connectivity index (χ1n) is 29.7. The van der Waals surface area contributed by atoms with Gasteiger partial charge in [0.2, 0.25) is 0 Å². The Hall–Kier alpha value is -10.6. The van der Waals surface area contributed by atoms with E-state index in [-0.39, 0.29) is 0 Å². The molecule has 12 aromatic carbocycles. The number of hydrogen-bond acceptors (Lipinski definition) is 0. The summed E-state index contributed by atoms with van der Waals surface area (Å²) in [7, 11) is 0. The van der Waals surface area contributed by atoms with E-state index in [4.69, 9.17) is 0 Å². The molecule has 0 aliphatic carbocycles. The Bertz CT molecular complexity index is 4910. The highest BCUT2D eigenvalue weighted by molar-refractivity contribution is 6.13. The molecule has 0 atom stereocenters. The predicted octanol–water partition coefficient (Wildman–Crippen LogP) is 22.2. The molecule has 0 aliphatic heterocycles. The molecule has 0 unspecified atom stereocenters. The van der Waals surface area contributed by atoms with Crippen LogP contribution in [0.2, 0.25) is 0 Å². The van der Waals surface area contributed by atoms with Crippen molar-refractivity contribution in [1.82, 2.24) is 18.3 Å². The van der Waals surface area contributed by atoms with Gasteiger partial charge in [0.25, 0.3) is 0 Å². The van der Waals surface area contributed by atoms with Gasteiger partial charge in [-0.25, -0.2) is 0 Å². The second-order valence-electron chi connectivity index (χ2n) is 20.8. The molecule has 4 aromatic heterocycles. The van der Waals surface area contributed by atoms with Crippen LogP contribution in [0.1, 0.15) is 34.6 Å². The molecule has 4 heterocycles. The number of hydrogen-bond donors (Lipinski definition) is 0. The van der Waals surface area contributed by atoms with Gasteiger partial charge >= 0.3 is 0 Å². The van der Waals surface area contributed by atoms with Crippen LogP contribution in [0.15, 0.2) is 291 Å². The van der Waals surface area contributed by atoms with Crippen LogP contribution in [0, 0.1) is 12.3 Å². The lowest BCUT2D eigenvalue weighted by Crippen LogP contribution is -1.97. The molecule has 0 radical (unpaired) electrons. The van der Waals surface area contributed by atoms with Crippen LogP contribution in [-0.4, -0.2) is 18.3 Å². The van der Waals surface area contributed by atoms with Gasteiger partial charge in [0.05, 0.1) is 33.4 Å². The Labute approximate surface area is 498 Å². The smallest absolute Gasteiger partial charge is 0.0541 e. The molecule has 16 aromatic rings. The van der Waals surface area contributed by atoms with Crippen molar-refractivity contribution in [3.63, 3.8) is 0 Å². The van der Waals surface area contributed by atoms with Crippen LogP contribution in [0.25, 0.3) is 132 Å². The average Bonchev–Trinajstić information content (AvgIpc) is 2.73. The molecule has 4 heteroatoms. The van der Waals surface area contributed by atoms with Gasteiger partial charge in [-0.05, 0) is 116 Å². The number of para-hydroxylation sites is 8. The second kappa shape index (κ2) is 24.9. The molecule has 16 rings (SSSR count). The van der Waals surface area contributed by atoms with E-state index in [1.165, 1.54) is 132 Å². The van der Waals surface area contributed by atoms with Crippen molar-refractivity contribution < 1.29 is 0 Å². The minimum Gasteiger partial charge on any atom is -0.341 e. The third-order valence-electron chi connectivity index (χ3n) is 16.1. The van der Waals surface area contributed by atoms with Crippen LogP contribution < -0.4 is 0 Å². The SMILES string of the molecule is C#CC.CC.CCn1c2ccccc2c2cc(-c3ccc4c(c3)c3ccccc3n4-c3ccccc3-c3ccccc3)ccc21.CCn1c2ccccc2c2ccccc21.c1ccc(-c2ccccc2-n2c3ccccc3c3ccccc32)cc1. The average molecular weight is 1100 g/mol. The minimum atomic E-state index is 0.958. The maximum Gasteiger partial charge on any atom is 0.0541 e. The van der Waals surface area contributed by atoms with Gasteiger partial charge in [-0.2, -0.15) is 0 Å². The summed E-state index contributed by atoms with van der Waals surface area (Å²) in [5, 5.41) is 10.5. The lowest BCUT2D eigenvalue weighted by molar-refractivity contribution is 0.827. The van der Waals surface area contributed by atoms with Crippen molar-refractivity contribution in [2.75, 3.05) is 0 Å². The molecule has 0 N–H and O–H groups in total. The van der Waals surface area contributed by atoms with Gasteiger partial charge in [-0.1, -0.05) is 232 Å². The highest BCUT2D eigenvalue weighted by Gasteiger charge is 2.18. The summed E-state index contributed by atoms with van der Waals surface area (Å²) >= 11 is 0. The van der Waals surface area contributed by atoms with Gasteiger partial charge in [0, 0.05) is 89.4 Å². The first kappa shape index (κ1) is 55.0. The van der Waals surface area contributed by atoms with E-state index in [9.17, 15) is 0 Å². The lowest BCUT2D eigenvalue weighted by Gasteiger charge is -2.14. The van der Waals surface area contributed by atoms with E-state index < -0.39 is 0 Å². The van der Waals surface area contributed by atoms with Crippen molar-refractivity contribution in [2.24, 2.45) is 0 Å². The van der Waals surface area contributed by atoms with E-state index in [0.29, 0.717) is 0 Å². The molecule has 0 amide bonds. The molecular formula is C81H68N4. The summed E-state index contributed by atoms with van der Waals surface area (Å²) in [6, 6.07) is 105. The fraction of sp³-hybridized carbons (Fsp3) is 0.0864. The standard InChI is InChI=1S/C38H28N2.C24H17N.C14H13N.C3H4.C2H6/c1-2-39-34-17-9-7-15-30(34)32-24-27(20-22-35(32)39)28-21-23-38-33(25-28)31-16-8-11-19-37(31)40(38)36-18-10-6-14-29(36)26-12-4-3-5-13-26;1-2-10-18(11-3-1)19-12-4-7-15-22(19)25-23-16-8-5-13-20(23)21-14-6-9-17-24(21)25;1-2-15-13-9-5-3-7-11(13)12-8-4-6-10-14(12)15;1-3-2;1-2/h3-25H,2H2,1H3;1-17H;3-10H,2H2,1H3;1H,2H3;1-2H3. The number of aryl methyl sites for hydroxylation is 2. The van der Waals surface area contributed by atoms with Gasteiger partial charge < -0.3 is 18.3 Å². The van der Waals surface area contributed by atoms with Crippen molar-refractivity contribution in [3.8, 4) is 57.1 Å². The topological polar surface area (TPSA) is 19.7 Å². The van der Waals surface area contributed by atoms with E-state index in [0.717, 1.165) is 13.1 Å². The van der Waals surface area contributed by atoms with Gasteiger partial charge in [0.15, 0.2) is 0 Å². The molecule has 4 nitrogen and oxygen atoms in total. The van der Waals surface area contributed by atoms with Crippen molar-refractivity contribution in [2.45, 2.75) is 47.7 Å². The molecular weight excluding hydrogens is 1030 g/mol. The number of rotatable bonds is 7. The Morgan fingerprint density at radius 1 is 0.271 bits per heavy atom. The van der Waals surface area contributed by atoms with Gasteiger partial charge in [0.1, 0.15) is 0 Å². The molecule has 0 fully saturated rings. The maximum atomic E-state index is 4.60. The Balaban J connectivity index is 0.000000133. The normalized spacial score (nSPS) is 11.0. The van der Waals surface area contributed by atoms with Crippen LogP contribution in [0.3, 0.4) is 0 Å². The second-order valence-corrected chi connectivity index (χ2v) is 20.8. The van der Waals surface area contributed by atoms with Crippen LogP contribution in [-0.2, 0) is 13.1 Å². The van der Waals surface area contributed by atoms with Gasteiger partial charge in [-0.3, -0.25) is 0 Å². The minimum absolute atomic E-state index is 0.958. The lowest BCUT2D eigenvalue weighted by atomic mass is 10.0. The summed E-state index contributed by atoms with van der Waals surface area (Å²) in [4.78, 5) is 0. The zero-order chi connectivity index (χ0) is 58.2. The number of terminal acetylenes is 1. The number of benzene rings is 12. The van der Waals surface area contributed by atoms with E-state index in [1.807, 2.05) is 13.8 Å². The quantitative estimate of drug-likeness (QED) is 0.142. The van der Waals surface area contributed by atoms with E-state index in [2.05, 4.69) is 336 Å². The zero-order valence-corrected chi connectivity index (χ0v) is 49.0. The third kappa shape index (κ3) is 10.2. The number of fused-ring (bicyclic) bond motifs is 12. The first-order valence-corrected chi connectivity index (χ1v) is 29.7. The fourth-order valence-electron chi connectivity index (χ4n) is 12.6.